The van der Waals surface area contributed by atoms with Gasteiger partial charge in [-0.15, -0.1) is 6.58 Å². The predicted octanol–water partition coefficient (Wildman–Crippen LogP) is 3.83. The summed E-state index contributed by atoms with van der Waals surface area (Å²) in [5, 5.41) is 0. The van der Waals surface area contributed by atoms with Gasteiger partial charge in [-0.1, -0.05) is 48.5 Å². The van der Waals surface area contributed by atoms with Crippen LogP contribution < -0.4 is 0 Å². The molecule has 0 bridgehead atoms. The van der Waals surface area contributed by atoms with E-state index < -0.39 is 0 Å². The minimum atomic E-state index is -0.187. The summed E-state index contributed by atoms with van der Waals surface area (Å²) in [6.07, 6.45) is 3.44. The number of carbonyl (C=O) groups is 2. The first-order chi connectivity index (χ1) is 11.2. The third-order valence-electron chi connectivity index (χ3n) is 4.19. The maximum atomic E-state index is 12.5. The first-order valence-corrected chi connectivity index (χ1v) is 7.80. The number of hydrogen-bond donors (Lipinski definition) is 0. The number of benzene rings is 2. The molecule has 1 aliphatic heterocycles. The molecule has 1 heterocycles. The van der Waals surface area contributed by atoms with Crippen molar-refractivity contribution in [3.05, 3.63) is 83.9 Å². The van der Waals surface area contributed by atoms with Gasteiger partial charge in [0.25, 0.3) is 11.8 Å². The molecule has 0 saturated carbocycles. The third-order valence-corrected chi connectivity index (χ3v) is 4.19. The van der Waals surface area contributed by atoms with Gasteiger partial charge in [0.05, 0.1) is 11.1 Å². The van der Waals surface area contributed by atoms with Gasteiger partial charge in [0.2, 0.25) is 0 Å². The average molecular weight is 339 g/mol. The highest BCUT2D eigenvalue weighted by Crippen LogP contribution is 2.25. The van der Waals surface area contributed by atoms with Gasteiger partial charge in [-0.3, -0.25) is 14.5 Å². The molecular weight excluding hydrogens is 318 g/mol. The predicted molar refractivity (Wildman–Crippen MR) is 101 cm³/mol. The lowest BCUT2D eigenvalue weighted by molar-refractivity contribution is 0.0629. The number of allylic oxidation sites excluding steroid dienone is 1. The van der Waals surface area contributed by atoms with Crippen LogP contribution in [0.3, 0.4) is 0 Å². The van der Waals surface area contributed by atoms with Gasteiger partial charge in [0.15, 0.2) is 0 Å². The quantitative estimate of drug-likeness (QED) is 0.592. The molecule has 1 aliphatic rings. The monoisotopic (exact) mass is 339 g/mol. The molecular formula is C20H21NO2S. The summed E-state index contributed by atoms with van der Waals surface area (Å²) < 4.78 is 0. The lowest BCUT2D eigenvalue weighted by atomic mass is 9.95. The summed E-state index contributed by atoms with van der Waals surface area (Å²) in [7, 11) is 0. The molecule has 2 amide bonds. The second-order valence-electron chi connectivity index (χ2n) is 5.85. The van der Waals surface area contributed by atoms with Crippen molar-refractivity contribution in [2.24, 2.45) is 5.92 Å². The standard InChI is InChI=1S/C20H19NO2.H2S/c1-2-8-16(13-15-9-4-3-5-10-15)14-21-19(22)17-11-6-7-12-18(17)20(21)23;/h2-7,9-12,16H,1,8,13-14H2;1H2/t16-;/m0./s1. The van der Waals surface area contributed by atoms with Crippen molar-refractivity contribution >= 4 is 25.3 Å². The fourth-order valence-corrected chi connectivity index (χ4v) is 3.07. The van der Waals surface area contributed by atoms with Gasteiger partial charge in [0.1, 0.15) is 0 Å². The van der Waals surface area contributed by atoms with Gasteiger partial charge < -0.3 is 0 Å². The summed E-state index contributed by atoms with van der Waals surface area (Å²) in [5.74, 6) is -0.197. The molecule has 4 heteroatoms. The Hall–Kier alpha value is -2.33. The van der Waals surface area contributed by atoms with E-state index in [1.165, 1.54) is 10.5 Å². The van der Waals surface area contributed by atoms with E-state index in [1.807, 2.05) is 24.3 Å². The molecule has 3 rings (SSSR count). The Bertz CT molecular complexity index is 707. The summed E-state index contributed by atoms with van der Waals surface area (Å²) >= 11 is 0. The van der Waals surface area contributed by atoms with E-state index in [4.69, 9.17) is 0 Å². The average Bonchev–Trinajstić information content (AvgIpc) is 2.81. The number of fused-ring (bicyclic) bond motifs is 1. The van der Waals surface area contributed by atoms with Gasteiger partial charge in [-0.05, 0) is 36.5 Å². The first-order valence-electron chi connectivity index (χ1n) is 7.80. The van der Waals surface area contributed by atoms with Gasteiger partial charge in [0, 0.05) is 6.54 Å². The van der Waals surface area contributed by atoms with E-state index in [0.717, 1.165) is 12.8 Å². The Morgan fingerprint density at radius 2 is 1.46 bits per heavy atom. The smallest absolute Gasteiger partial charge is 0.261 e. The highest BCUT2D eigenvalue weighted by atomic mass is 32.1. The third kappa shape index (κ3) is 3.60. The van der Waals surface area contributed by atoms with Crippen LogP contribution in [0.25, 0.3) is 0 Å². The molecule has 0 aliphatic carbocycles. The Balaban J connectivity index is 0.00000208. The molecule has 0 saturated heterocycles. The Kier molecular flexibility index (Phi) is 5.99. The molecule has 2 aromatic rings. The number of rotatable bonds is 6. The fourth-order valence-electron chi connectivity index (χ4n) is 3.07. The molecule has 0 radical (unpaired) electrons. The van der Waals surface area contributed by atoms with Crippen LogP contribution in [0.1, 0.15) is 32.7 Å². The molecule has 0 unspecified atom stereocenters. The van der Waals surface area contributed by atoms with Crippen LogP contribution >= 0.6 is 13.5 Å². The molecule has 0 aromatic heterocycles. The van der Waals surface area contributed by atoms with Crippen LogP contribution in [0, 0.1) is 5.92 Å². The minimum Gasteiger partial charge on any atom is -0.274 e. The fraction of sp³-hybridized carbons (Fsp3) is 0.200. The number of imide groups is 1. The highest BCUT2D eigenvalue weighted by Gasteiger charge is 2.36. The van der Waals surface area contributed by atoms with Crippen molar-refractivity contribution in [3.63, 3.8) is 0 Å². The normalized spacial score (nSPS) is 14.1. The second kappa shape index (κ2) is 7.97. The van der Waals surface area contributed by atoms with E-state index in [-0.39, 0.29) is 31.2 Å². The van der Waals surface area contributed by atoms with Crippen molar-refractivity contribution in [1.82, 2.24) is 4.90 Å². The van der Waals surface area contributed by atoms with Crippen LogP contribution in [-0.4, -0.2) is 23.3 Å². The summed E-state index contributed by atoms with van der Waals surface area (Å²) in [6, 6.07) is 17.1. The highest BCUT2D eigenvalue weighted by molar-refractivity contribution is 7.59. The number of nitrogens with zero attached hydrogens (tertiary/aromatic N) is 1. The largest absolute Gasteiger partial charge is 0.274 e. The summed E-state index contributed by atoms with van der Waals surface area (Å²) in [4.78, 5) is 26.3. The Labute approximate surface area is 149 Å². The van der Waals surface area contributed by atoms with Crippen molar-refractivity contribution in [2.45, 2.75) is 12.8 Å². The topological polar surface area (TPSA) is 37.4 Å². The SMILES string of the molecule is C=CC[C@@H](Cc1ccccc1)CN1C(=O)c2ccccc2C1=O.S. The summed E-state index contributed by atoms with van der Waals surface area (Å²) in [5.41, 5.74) is 2.22. The molecule has 2 aromatic carbocycles. The van der Waals surface area contributed by atoms with Crippen molar-refractivity contribution in [1.29, 1.82) is 0 Å². The molecule has 1 atom stereocenters. The van der Waals surface area contributed by atoms with E-state index in [0.29, 0.717) is 17.7 Å². The molecule has 3 nitrogen and oxygen atoms in total. The van der Waals surface area contributed by atoms with Gasteiger partial charge in [-0.25, -0.2) is 0 Å². The zero-order chi connectivity index (χ0) is 16.2. The number of amides is 2. The van der Waals surface area contributed by atoms with Gasteiger partial charge >= 0.3 is 0 Å². The van der Waals surface area contributed by atoms with Crippen molar-refractivity contribution in [3.8, 4) is 0 Å². The second-order valence-corrected chi connectivity index (χ2v) is 5.85. The lowest BCUT2D eigenvalue weighted by Crippen LogP contribution is -2.35. The van der Waals surface area contributed by atoms with Crippen molar-refractivity contribution in [2.75, 3.05) is 6.54 Å². The maximum Gasteiger partial charge on any atom is 0.261 e. The van der Waals surface area contributed by atoms with Crippen LogP contribution in [-0.2, 0) is 6.42 Å². The lowest BCUT2D eigenvalue weighted by Gasteiger charge is -2.21. The van der Waals surface area contributed by atoms with E-state index >= 15 is 0 Å². The van der Waals surface area contributed by atoms with E-state index in [9.17, 15) is 9.59 Å². The van der Waals surface area contributed by atoms with E-state index in [1.54, 1.807) is 24.3 Å². The molecule has 0 fully saturated rings. The van der Waals surface area contributed by atoms with E-state index in [2.05, 4.69) is 18.7 Å². The van der Waals surface area contributed by atoms with Crippen LogP contribution in [0.4, 0.5) is 0 Å². The first kappa shape index (κ1) is 18.0. The van der Waals surface area contributed by atoms with Crippen LogP contribution in [0.2, 0.25) is 0 Å². The Morgan fingerprint density at radius 3 is 2.00 bits per heavy atom. The van der Waals surface area contributed by atoms with Crippen LogP contribution in [0.15, 0.2) is 67.3 Å². The molecule has 24 heavy (non-hydrogen) atoms. The van der Waals surface area contributed by atoms with Crippen LogP contribution in [0.5, 0.6) is 0 Å². The summed E-state index contributed by atoms with van der Waals surface area (Å²) in [6.45, 7) is 4.23. The molecule has 0 spiro atoms. The zero-order valence-corrected chi connectivity index (χ0v) is 14.4. The molecule has 124 valence electrons. The number of hydrogen-bond acceptors (Lipinski definition) is 2. The minimum absolute atomic E-state index is 0. The van der Waals surface area contributed by atoms with Gasteiger partial charge in [-0.2, -0.15) is 13.5 Å². The maximum absolute atomic E-state index is 12.5. The van der Waals surface area contributed by atoms with Crippen molar-refractivity contribution < 1.29 is 9.59 Å². The zero-order valence-electron chi connectivity index (χ0n) is 13.4. The molecule has 0 N–H and O–H groups in total. The Morgan fingerprint density at radius 1 is 0.917 bits per heavy atom. The number of carbonyl (C=O) groups excluding carboxylic acids is 2.